The summed E-state index contributed by atoms with van der Waals surface area (Å²) in [5.74, 6) is 0. The molecule has 1 aromatic rings. The molecule has 0 heterocycles. The minimum atomic E-state index is -0.738. The molecule has 1 nitrogen and oxygen atoms in total. The van der Waals surface area contributed by atoms with Crippen LogP contribution in [0.2, 0.25) is 0 Å². The fourth-order valence-corrected chi connectivity index (χ4v) is 5.62. The molecule has 0 aliphatic rings. The van der Waals surface area contributed by atoms with E-state index in [-0.39, 0.29) is 23.1 Å². The summed E-state index contributed by atoms with van der Waals surface area (Å²) in [6.45, 7) is 7.36. The Morgan fingerprint density at radius 1 is 0.708 bits per heavy atom. The van der Waals surface area contributed by atoms with Gasteiger partial charge in [0.05, 0.1) is 12.3 Å². The third-order valence-electron chi connectivity index (χ3n) is 4.57. The van der Waals surface area contributed by atoms with E-state index >= 15 is 0 Å². The molecule has 0 aromatic heterocycles. The van der Waals surface area contributed by atoms with Crippen LogP contribution in [0.3, 0.4) is 0 Å². The zero-order valence-electron chi connectivity index (χ0n) is 16.4. The number of benzene rings is 1. The van der Waals surface area contributed by atoms with Crippen LogP contribution in [0.15, 0.2) is 30.3 Å². The summed E-state index contributed by atoms with van der Waals surface area (Å²) in [5.41, 5.74) is 1.54. The molecule has 24 heavy (non-hydrogen) atoms. The summed E-state index contributed by atoms with van der Waals surface area (Å²) in [6, 6.07) is 11.1. The maximum atomic E-state index is 2.54. The largest absolute Gasteiger partial charge is 0.344 e. The standard InChI is InChI=1S/C21H38P.BrH.H3N/c1-4-5-6-7-8-9-10-11-12-16-19-22(2,3)20-21-17-14-13-15-18-21;;/h13-15,17-18H,4-12,16,19-20H2,1-3H3;1H;1H3/q+1;;. The number of unbranched alkanes of at least 4 members (excludes halogenated alkanes) is 9. The summed E-state index contributed by atoms with van der Waals surface area (Å²) in [6.07, 6.45) is 17.3. The highest BCUT2D eigenvalue weighted by Gasteiger charge is 2.24. The van der Waals surface area contributed by atoms with E-state index in [2.05, 4.69) is 50.6 Å². The monoisotopic (exact) mass is 418 g/mol. The Morgan fingerprint density at radius 3 is 1.67 bits per heavy atom. The fourth-order valence-electron chi connectivity index (χ4n) is 3.18. The van der Waals surface area contributed by atoms with Crippen molar-refractivity contribution in [2.24, 2.45) is 0 Å². The van der Waals surface area contributed by atoms with Gasteiger partial charge in [0, 0.05) is 20.6 Å². The number of hydrogen-bond donors (Lipinski definition) is 1. The highest BCUT2D eigenvalue weighted by Crippen LogP contribution is 2.54. The summed E-state index contributed by atoms with van der Waals surface area (Å²) in [4.78, 5) is 0. The van der Waals surface area contributed by atoms with Crippen molar-refractivity contribution in [3.63, 3.8) is 0 Å². The van der Waals surface area contributed by atoms with Gasteiger partial charge in [-0.25, -0.2) is 0 Å². The molecule has 0 unspecified atom stereocenters. The van der Waals surface area contributed by atoms with Crippen molar-refractivity contribution < 1.29 is 0 Å². The van der Waals surface area contributed by atoms with E-state index in [0.717, 1.165) is 0 Å². The van der Waals surface area contributed by atoms with Crippen LogP contribution in [0.4, 0.5) is 0 Å². The predicted octanol–water partition coefficient (Wildman–Crippen LogP) is 8.12. The minimum absolute atomic E-state index is 0. The van der Waals surface area contributed by atoms with Crippen LogP contribution >= 0.6 is 24.2 Å². The van der Waals surface area contributed by atoms with E-state index in [0.29, 0.717) is 0 Å². The first-order chi connectivity index (χ1) is 10.6. The molecular weight excluding hydrogens is 377 g/mol. The van der Waals surface area contributed by atoms with E-state index in [1.54, 1.807) is 0 Å². The third-order valence-corrected chi connectivity index (χ3v) is 7.32. The summed E-state index contributed by atoms with van der Waals surface area (Å²) < 4.78 is 0. The topological polar surface area (TPSA) is 35.0 Å². The van der Waals surface area contributed by atoms with Crippen molar-refractivity contribution in [1.29, 1.82) is 0 Å². The molecule has 0 bridgehead atoms. The molecule has 3 heteroatoms. The molecule has 0 aliphatic heterocycles. The van der Waals surface area contributed by atoms with Gasteiger partial charge in [-0.1, -0.05) is 88.6 Å². The second kappa shape index (κ2) is 16.6. The molecule has 1 aromatic carbocycles. The maximum absolute atomic E-state index is 2.54. The first-order valence-corrected chi connectivity index (χ1v) is 12.6. The Bertz CT molecular complexity index is 367. The molecule has 0 amide bonds. The lowest BCUT2D eigenvalue weighted by Gasteiger charge is -2.18. The van der Waals surface area contributed by atoms with Crippen molar-refractivity contribution in [2.45, 2.75) is 77.3 Å². The van der Waals surface area contributed by atoms with Gasteiger partial charge in [0.25, 0.3) is 0 Å². The fraction of sp³-hybridized carbons (Fsp3) is 0.714. The van der Waals surface area contributed by atoms with Crippen LogP contribution in [-0.4, -0.2) is 19.5 Å². The van der Waals surface area contributed by atoms with Crippen LogP contribution in [0.25, 0.3) is 0 Å². The summed E-state index contributed by atoms with van der Waals surface area (Å²) in [7, 11) is -0.738. The van der Waals surface area contributed by atoms with Crippen molar-refractivity contribution in [3.05, 3.63) is 35.9 Å². The van der Waals surface area contributed by atoms with Crippen molar-refractivity contribution >= 4 is 24.2 Å². The average Bonchev–Trinajstić information content (AvgIpc) is 2.49. The lowest BCUT2D eigenvalue weighted by atomic mass is 10.1. The Morgan fingerprint density at radius 2 is 1.17 bits per heavy atom. The van der Waals surface area contributed by atoms with Crippen molar-refractivity contribution in [3.8, 4) is 0 Å². The van der Waals surface area contributed by atoms with Gasteiger partial charge in [-0.2, -0.15) is 0 Å². The lowest BCUT2D eigenvalue weighted by molar-refractivity contribution is 0.562. The van der Waals surface area contributed by atoms with Gasteiger partial charge in [-0.15, -0.1) is 17.0 Å². The number of rotatable bonds is 13. The summed E-state index contributed by atoms with van der Waals surface area (Å²) >= 11 is 0. The molecule has 0 saturated carbocycles. The number of halogens is 1. The highest BCUT2D eigenvalue weighted by molar-refractivity contribution is 8.93. The van der Waals surface area contributed by atoms with Gasteiger partial charge in [-0.05, 0) is 18.4 Å². The molecule has 0 saturated heterocycles. The van der Waals surface area contributed by atoms with E-state index in [9.17, 15) is 0 Å². The Labute approximate surface area is 163 Å². The Balaban J connectivity index is 0. The van der Waals surface area contributed by atoms with Gasteiger partial charge >= 0.3 is 0 Å². The Kier molecular flexibility index (Phi) is 18.2. The zero-order valence-corrected chi connectivity index (χ0v) is 19.0. The van der Waals surface area contributed by atoms with Crippen LogP contribution in [-0.2, 0) is 6.16 Å². The van der Waals surface area contributed by atoms with E-state index in [1.165, 1.54) is 82.1 Å². The quantitative estimate of drug-likeness (QED) is 0.254. The molecular formula is C21H42BrNP+. The van der Waals surface area contributed by atoms with E-state index in [1.807, 2.05) is 0 Å². The normalized spacial score (nSPS) is 10.8. The highest BCUT2D eigenvalue weighted by atomic mass is 79.9. The average molecular weight is 419 g/mol. The molecule has 0 spiro atoms. The van der Waals surface area contributed by atoms with Crippen LogP contribution < -0.4 is 6.15 Å². The van der Waals surface area contributed by atoms with Crippen molar-refractivity contribution in [1.82, 2.24) is 6.15 Å². The van der Waals surface area contributed by atoms with Crippen LogP contribution in [0, 0.1) is 0 Å². The molecule has 0 aliphatic carbocycles. The SMILES string of the molecule is Br.CCCCCCCCCCCC[P+](C)(C)Cc1ccccc1.N. The third kappa shape index (κ3) is 14.4. The first-order valence-electron chi connectivity index (χ1n) is 9.50. The summed E-state index contributed by atoms with van der Waals surface area (Å²) in [5, 5.41) is 0. The van der Waals surface area contributed by atoms with Crippen LogP contribution in [0.5, 0.6) is 0 Å². The zero-order chi connectivity index (χ0) is 16.1. The van der Waals surface area contributed by atoms with Gasteiger partial charge in [-0.3, -0.25) is 0 Å². The predicted molar refractivity (Wildman–Crippen MR) is 121 cm³/mol. The Hall–Kier alpha value is 0.0900. The van der Waals surface area contributed by atoms with E-state index in [4.69, 9.17) is 0 Å². The second-order valence-corrected chi connectivity index (χ2v) is 12.1. The minimum Gasteiger partial charge on any atom is -0.344 e. The first kappa shape index (κ1) is 26.3. The maximum Gasteiger partial charge on any atom is 0.0837 e. The van der Waals surface area contributed by atoms with Crippen LogP contribution in [0.1, 0.15) is 76.7 Å². The van der Waals surface area contributed by atoms with Gasteiger partial charge in [0.2, 0.25) is 0 Å². The molecule has 1 rings (SSSR count). The second-order valence-electron chi connectivity index (χ2n) is 7.49. The molecule has 0 fully saturated rings. The van der Waals surface area contributed by atoms with Crippen molar-refractivity contribution in [2.75, 3.05) is 19.5 Å². The molecule has 0 atom stereocenters. The molecule has 3 N–H and O–H groups in total. The number of hydrogen-bond acceptors (Lipinski definition) is 1. The molecule has 0 radical (unpaired) electrons. The van der Waals surface area contributed by atoms with Gasteiger partial charge in [0.15, 0.2) is 0 Å². The smallest absolute Gasteiger partial charge is 0.0837 e. The van der Waals surface area contributed by atoms with Gasteiger partial charge < -0.3 is 6.15 Å². The molecule has 142 valence electrons. The van der Waals surface area contributed by atoms with Gasteiger partial charge in [0.1, 0.15) is 0 Å². The van der Waals surface area contributed by atoms with E-state index < -0.39 is 7.26 Å². The lowest BCUT2D eigenvalue weighted by Crippen LogP contribution is -1.99.